The van der Waals surface area contributed by atoms with E-state index < -0.39 is 0 Å². The Kier molecular flexibility index (Phi) is 3.08. The maximum Gasteiger partial charge on any atom is 0.113 e. The molecule has 0 bridgehead atoms. The number of rotatable bonds is 2. The summed E-state index contributed by atoms with van der Waals surface area (Å²) < 4.78 is 0. The lowest BCUT2D eigenvalue weighted by atomic mass is 10.3. The topological polar surface area (TPSA) is 24.9 Å². The van der Waals surface area contributed by atoms with Crippen molar-refractivity contribution < 1.29 is 0 Å². The molecule has 0 saturated carbocycles. The van der Waals surface area contributed by atoms with Crippen molar-refractivity contribution in [2.45, 2.75) is 6.92 Å². The summed E-state index contributed by atoms with van der Waals surface area (Å²) in [5.74, 6) is 0. The lowest BCUT2D eigenvalue weighted by molar-refractivity contribution is 1.32. The van der Waals surface area contributed by atoms with Crippen LogP contribution in [0, 0.1) is 6.92 Å². The van der Waals surface area contributed by atoms with Gasteiger partial charge in [0.1, 0.15) is 4.99 Å². The van der Waals surface area contributed by atoms with E-state index >= 15 is 0 Å². The van der Waals surface area contributed by atoms with Crippen LogP contribution in [0.1, 0.15) is 11.1 Å². The predicted octanol–water partition coefficient (Wildman–Crippen LogP) is 3.24. The Morgan fingerprint density at radius 3 is 3.00 bits per heavy atom. The van der Waals surface area contributed by atoms with Crippen LogP contribution in [0.15, 0.2) is 36.0 Å². The summed E-state index contributed by atoms with van der Waals surface area (Å²) in [6.45, 7) is 2.06. The second-order valence-electron chi connectivity index (χ2n) is 3.18. The van der Waals surface area contributed by atoms with Gasteiger partial charge in [0, 0.05) is 18.0 Å². The number of aromatic nitrogens is 1. The molecule has 0 amide bonds. The average molecular weight is 234 g/mol. The molecule has 0 aromatic carbocycles. The van der Waals surface area contributed by atoms with Crippen LogP contribution in [0.4, 0.5) is 5.00 Å². The minimum absolute atomic E-state index is 0.713. The van der Waals surface area contributed by atoms with Gasteiger partial charge in [0.2, 0.25) is 0 Å². The second-order valence-corrected chi connectivity index (χ2v) is 4.50. The molecule has 2 aromatic rings. The number of pyridine rings is 1. The van der Waals surface area contributed by atoms with Gasteiger partial charge in [-0.1, -0.05) is 12.2 Å². The van der Waals surface area contributed by atoms with Crippen LogP contribution in [-0.4, -0.2) is 9.97 Å². The third kappa shape index (κ3) is 2.61. The molecule has 0 aliphatic carbocycles. The number of aryl methyl sites for hydroxylation is 1. The van der Waals surface area contributed by atoms with Crippen molar-refractivity contribution in [1.82, 2.24) is 4.98 Å². The zero-order valence-corrected chi connectivity index (χ0v) is 9.86. The largest absolute Gasteiger partial charge is 0.338 e. The molecular weight excluding hydrogens is 224 g/mol. The van der Waals surface area contributed by atoms with Gasteiger partial charge in [0.15, 0.2) is 0 Å². The van der Waals surface area contributed by atoms with E-state index in [1.807, 2.05) is 12.1 Å². The highest BCUT2D eigenvalue weighted by Crippen LogP contribution is 2.20. The maximum absolute atomic E-state index is 5.27. The number of anilines is 1. The zero-order chi connectivity index (χ0) is 10.7. The molecule has 2 rings (SSSR count). The fourth-order valence-electron chi connectivity index (χ4n) is 1.18. The van der Waals surface area contributed by atoms with Gasteiger partial charge in [0.25, 0.3) is 0 Å². The van der Waals surface area contributed by atoms with Crippen LogP contribution < -0.4 is 5.32 Å². The number of nitrogens with zero attached hydrogens (tertiary/aromatic N) is 1. The highest BCUT2D eigenvalue weighted by Gasteiger charge is 2.02. The normalized spacial score (nSPS) is 9.93. The number of nitrogens with one attached hydrogen (secondary N) is 1. The molecule has 76 valence electrons. The van der Waals surface area contributed by atoms with Crippen molar-refractivity contribution in [3.63, 3.8) is 0 Å². The third-order valence-electron chi connectivity index (χ3n) is 1.89. The molecule has 0 fully saturated rings. The van der Waals surface area contributed by atoms with Crippen LogP contribution in [0.25, 0.3) is 0 Å². The van der Waals surface area contributed by atoms with E-state index in [1.54, 1.807) is 23.7 Å². The minimum Gasteiger partial charge on any atom is -0.338 e. The highest BCUT2D eigenvalue weighted by molar-refractivity contribution is 7.81. The van der Waals surface area contributed by atoms with Gasteiger partial charge in [-0.25, -0.2) is 0 Å². The SMILES string of the molecule is Cc1csc(NC(=S)c2cccnc2)c1. The van der Waals surface area contributed by atoms with Crippen molar-refractivity contribution in [2.75, 3.05) is 5.32 Å². The second kappa shape index (κ2) is 4.51. The van der Waals surface area contributed by atoms with Gasteiger partial charge in [0.05, 0.1) is 5.00 Å². The first-order valence-corrected chi connectivity index (χ1v) is 5.81. The number of thiocarbonyl (C=S) groups is 1. The number of hydrogen-bond acceptors (Lipinski definition) is 3. The molecule has 0 unspecified atom stereocenters. The zero-order valence-electron chi connectivity index (χ0n) is 8.23. The summed E-state index contributed by atoms with van der Waals surface area (Å²) in [4.78, 5) is 4.74. The molecule has 0 aliphatic heterocycles. The van der Waals surface area contributed by atoms with Gasteiger partial charge >= 0.3 is 0 Å². The van der Waals surface area contributed by atoms with E-state index in [0.717, 1.165) is 10.6 Å². The number of thiophene rings is 1. The van der Waals surface area contributed by atoms with Crippen LogP contribution in [0.3, 0.4) is 0 Å². The Morgan fingerprint density at radius 1 is 1.53 bits per heavy atom. The van der Waals surface area contributed by atoms with E-state index in [4.69, 9.17) is 12.2 Å². The molecule has 1 N–H and O–H groups in total. The molecule has 15 heavy (non-hydrogen) atoms. The summed E-state index contributed by atoms with van der Waals surface area (Å²) in [5, 5.41) is 6.35. The average Bonchev–Trinajstić information content (AvgIpc) is 2.65. The summed E-state index contributed by atoms with van der Waals surface area (Å²) >= 11 is 6.92. The maximum atomic E-state index is 5.27. The lowest BCUT2D eigenvalue weighted by Gasteiger charge is -2.04. The lowest BCUT2D eigenvalue weighted by Crippen LogP contribution is -2.09. The molecular formula is C11H10N2S2. The van der Waals surface area contributed by atoms with E-state index in [2.05, 4.69) is 28.7 Å². The highest BCUT2D eigenvalue weighted by atomic mass is 32.1. The van der Waals surface area contributed by atoms with Gasteiger partial charge in [-0.05, 0) is 36.1 Å². The quantitative estimate of drug-likeness (QED) is 0.807. The van der Waals surface area contributed by atoms with Gasteiger partial charge in [-0.2, -0.15) is 0 Å². The Morgan fingerprint density at radius 2 is 2.40 bits per heavy atom. The fraction of sp³-hybridized carbons (Fsp3) is 0.0909. The molecule has 0 radical (unpaired) electrons. The van der Waals surface area contributed by atoms with E-state index in [-0.39, 0.29) is 0 Å². The first-order chi connectivity index (χ1) is 7.25. The fourth-order valence-corrected chi connectivity index (χ4v) is 2.27. The van der Waals surface area contributed by atoms with Crippen molar-refractivity contribution in [3.05, 3.63) is 47.1 Å². The Labute approximate surface area is 98.0 Å². The Balaban J connectivity index is 2.11. The number of hydrogen-bond donors (Lipinski definition) is 1. The van der Waals surface area contributed by atoms with E-state index in [9.17, 15) is 0 Å². The van der Waals surface area contributed by atoms with Crippen LogP contribution in [-0.2, 0) is 0 Å². The Hall–Kier alpha value is -1.26. The monoisotopic (exact) mass is 234 g/mol. The van der Waals surface area contributed by atoms with Gasteiger partial charge in [-0.3, -0.25) is 4.98 Å². The van der Waals surface area contributed by atoms with Crippen molar-refractivity contribution >= 4 is 33.5 Å². The molecule has 0 spiro atoms. The summed E-state index contributed by atoms with van der Waals surface area (Å²) in [7, 11) is 0. The van der Waals surface area contributed by atoms with Crippen molar-refractivity contribution in [3.8, 4) is 0 Å². The van der Waals surface area contributed by atoms with Crippen molar-refractivity contribution in [1.29, 1.82) is 0 Å². The van der Waals surface area contributed by atoms with Crippen molar-refractivity contribution in [2.24, 2.45) is 0 Å². The molecule has 0 atom stereocenters. The molecule has 2 heterocycles. The molecule has 2 aromatic heterocycles. The molecule has 0 aliphatic rings. The van der Waals surface area contributed by atoms with Gasteiger partial charge < -0.3 is 5.32 Å². The van der Waals surface area contributed by atoms with Crippen LogP contribution >= 0.6 is 23.6 Å². The summed E-state index contributed by atoms with van der Waals surface area (Å²) in [6.07, 6.45) is 3.50. The third-order valence-corrected chi connectivity index (χ3v) is 3.19. The summed E-state index contributed by atoms with van der Waals surface area (Å²) in [6, 6.07) is 5.90. The van der Waals surface area contributed by atoms with E-state index in [0.29, 0.717) is 4.99 Å². The van der Waals surface area contributed by atoms with Gasteiger partial charge in [-0.15, -0.1) is 11.3 Å². The molecule has 4 heteroatoms. The van der Waals surface area contributed by atoms with Crippen LogP contribution in [0.5, 0.6) is 0 Å². The molecule has 0 saturated heterocycles. The van der Waals surface area contributed by atoms with Crippen LogP contribution in [0.2, 0.25) is 0 Å². The minimum atomic E-state index is 0.713. The molecule has 2 nitrogen and oxygen atoms in total. The predicted molar refractivity (Wildman–Crippen MR) is 68.6 cm³/mol. The van der Waals surface area contributed by atoms with E-state index in [1.165, 1.54) is 5.56 Å². The summed E-state index contributed by atoms with van der Waals surface area (Å²) in [5.41, 5.74) is 2.19. The first-order valence-electron chi connectivity index (χ1n) is 4.52. The Bertz CT molecular complexity index is 462. The first kappa shape index (κ1) is 10.3. The standard InChI is InChI=1S/C11H10N2S2/c1-8-5-10(15-7-8)13-11(14)9-3-2-4-12-6-9/h2-7H,1H3,(H,13,14). The smallest absolute Gasteiger partial charge is 0.113 e.